The zero-order valence-electron chi connectivity index (χ0n) is 16.2. The smallest absolute Gasteiger partial charge is 0.214 e. The molecule has 0 spiro atoms. The second-order valence-electron chi connectivity index (χ2n) is 5.72. The van der Waals surface area contributed by atoms with Crippen LogP contribution in [0.15, 0.2) is 27.6 Å². The molecule has 1 aromatic heterocycles. The van der Waals surface area contributed by atoms with Gasteiger partial charge in [-0.25, -0.2) is 9.98 Å². The third kappa shape index (κ3) is 5.40. The van der Waals surface area contributed by atoms with Gasteiger partial charge in [0.1, 0.15) is 5.76 Å². The van der Waals surface area contributed by atoms with Crippen molar-refractivity contribution in [1.29, 1.82) is 0 Å². The molecule has 1 heterocycles. The number of guanidine groups is 1. The topological polar surface area (TPSA) is 80.9 Å². The first-order valence-electron chi connectivity index (χ1n) is 8.82. The number of hydrogen-bond acceptors (Lipinski definition) is 5. The fourth-order valence-electron chi connectivity index (χ4n) is 2.37. The highest BCUT2D eigenvalue weighted by atomic mass is 16.5. The summed E-state index contributed by atoms with van der Waals surface area (Å²) < 4.78 is 16.5. The minimum Gasteiger partial charge on any atom is -0.493 e. The normalized spacial score (nSPS) is 11.3. The minimum atomic E-state index is 0.479. The van der Waals surface area contributed by atoms with Crippen LogP contribution in [0.3, 0.4) is 0 Å². The molecule has 0 bridgehead atoms. The van der Waals surface area contributed by atoms with Crippen LogP contribution in [0.5, 0.6) is 11.5 Å². The minimum absolute atomic E-state index is 0.479. The highest BCUT2D eigenvalue weighted by molar-refractivity contribution is 5.79. The van der Waals surface area contributed by atoms with Crippen LogP contribution in [-0.2, 0) is 13.1 Å². The fraction of sp³-hybridized carbons (Fsp3) is 0.474. The number of nitrogens with one attached hydrogen (secondary N) is 2. The molecule has 1 aromatic carbocycles. The predicted molar refractivity (Wildman–Crippen MR) is 102 cm³/mol. The highest BCUT2D eigenvalue weighted by Gasteiger charge is 2.08. The van der Waals surface area contributed by atoms with Crippen LogP contribution in [0.25, 0.3) is 0 Å². The summed E-state index contributed by atoms with van der Waals surface area (Å²) in [7, 11) is 1.63. The van der Waals surface area contributed by atoms with Crippen molar-refractivity contribution < 1.29 is 13.9 Å². The molecule has 0 atom stereocenters. The average molecular weight is 360 g/mol. The third-order valence-electron chi connectivity index (χ3n) is 3.77. The molecule has 0 aliphatic heterocycles. The van der Waals surface area contributed by atoms with Gasteiger partial charge in [-0.15, -0.1) is 0 Å². The Kier molecular flexibility index (Phi) is 7.32. The van der Waals surface area contributed by atoms with E-state index in [0.29, 0.717) is 31.5 Å². The van der Waals surface area contributed by atoms with Crippen LogP contribution in [0.4, 0.5) is 0 Å². The van der Waals surface area contributed by atoms with E-state index in [2.05, 4.69) is 20.6 Å². The van der Waals surface area contributed by atoms with Crippen LogP contribution in [0, 0.1) is 13.8 Å². The Morgan fingerprint density at radius 2 is 2.00 bits per heavy atom. The van der Waals surface area contributed by atoms with E-state index in [1.54, 1.807) is 7.11 Å². The van der Waals surface area contributed by atoms with Crippen molar-refractivity contribution >= 4 is 5.96 Å². The van der Waals surface area contributed by atoms with Crippen LogP contribution >= 0.6 is 0 Å². The molecule has 0 saturated carbocycles. The SMILES string of the molecule is CCNC(=NCc1ccc(OC)c(OCC)c1)NCc1nc(C)c(C)o1. The monoisotopic (exact) mass is 360 g/mol. The maximum Gasteiger partial charge on any atom is 0.214 e. The summed E-state index contributed by atoms with van der Waals surface area (Å²) in [6, 6.07) is 5.83. The lowest BCUT2D eigenvalue weighted by atomic mass is 10.2. The van der Waals surface area contributed by atoms with Crippen LogP contribution in [0.1, 0.15) is 36.8 Å². The Morgan fingerprint density at radius 3 is 2.62 bits per heavy atom. The average Bonchev–Trinajstić information content (AvgIpc) is 2.96. The van der Waals surface area contributed by atoms with Gasteiger partial charge < -0.3 is 24.5 Å². The van der Waals surface area contributed by atoms with Crippen molar-refractivity contribution in [3.05, 3.63) is 41.1 Å². The Hall–Kier alpha value is -2.70. The molecule has 0 saturated heterocycles. The Bertz CT molecular complexity index is 721. The van der Waals surface area contributed by atoms with Crippen LogP contribution in [-0.4, -0.2) is 31.2 Å². The molecule has 142 valence electrons. The number of ether oxygens (including phenoxy) is 2. The van der Waals surface area contributed by atoms with Gasteiger partial charge in [-0.1, -0.05) is 6.07 Å². The van der Waals surface area contributed by atoms with E-state index in [4.69, 9.17) is 13.9 Å². The molecular formula is C19H28N4O3. The molecule has 0 aliphatic rings. The molecule has 0 unspecified atom stereocenters. The van der Waals surface area contributed by atoms with E-state index in [1.807, 2.05) is 45.9 Å². The second-order valence-corrected chi connectivity index (χ2v) is 5.72. The Labute approximate surface area is 154 Å². The van der Waals surface area contributed by atoms with E-state index < -0.39 is 0 Å². The van der Waals surface area contributed by atoms with E-state index in [1.165, 1.54) is 0 Å². The zero-order valence-corrected chi connectivity index (χ0v) is 16.2. The van der Waals surface area contributed by atoms with Gasteiger partial charge in [0.15, 0.2) is 17.5 Å². The quantitative estimate of drug-likeness (QED) is 0.556. The van der Waals surface area contributed by atoms with Gasteiger partial charge >= 0.3 is 0 Å². The summed E-state index contributed by atoms with van der Waals surface area (Å²) in [6.45, 7) is 10.2. The molecule has 7 nitrogen and oxygen atoms in total. The summed E-state index contributed by atoms with van der Waals surface area (Å²) in [6.07, 6.45) is 0. The second kappa shape index (κ2) is 9.70. The summed E-state index contributed by atoms with van der Waals surface area (Å²) in [5.74, 6) is 3.64. The fourth-order valence-corrected chi connectivity index (χ4v) is 2.37. The number of methoxy groups -OCH3 is 1. The van der Waals surface area contributed by atoms with Gasteiger partial charge in [-0.3, -0.25) is 0 Å². The van der Waals surface area contributed by atoms with Gasteiger partial charge in [-0.2, -0.15) is 0 Å². The first kappa shape index (κ1) is 19.6. The summed E-state index contributed by atoms with van der Waals surface area (Å²) in [4.78, 5) is 8.98. The van der Waals surface area contributed by atoms with Crippen molar-refractivity contribution in [3.8, 4) is 11.5 Å². The lowest BCUT2D eigenvalue weighted by Crippen LogP contribution is -2.36. The van der Waals surface area contributed by atoms with E-state index in [9.17, 15) is 0 Å². The summed E-state index contributed by atoms with van der Waals surface area (Å²) in [5, 5.41) is 6.46. The van der Waals surface area contributed by atoms with Crippen molar-refractivity contribution in [1.82, 2.24) is 15.6 Å². The zero-order chi connectivity index (χ0) is 18.9. The number of hydrogen-bond donors (Lipinski definition) is 2. The maximum absolute atomic E-state index is 5.62. The van der Waals surface area contributed by atoms with Gasteiger partial charge in [0.25, 0.3) is 0 Å². The lowest BCUT2D eigenvalue weighted by molar-refractivity contribution is 0.310. The summed E-state index contributed by atoms with van der Waals surface area (Å²) in [5.41, 5.74) is 1.94. The first-order valence-corrected chi connectivity index (χ1v) is 8.82. The number of aromatic nitrogens is 1. The Morgan fingerprint density at radius 1 is 1.19 bits per heavy atom. The largest absolute Gasteiger partial charge is 0.493 e. The van der Waals surface area contributed by atoms with Crippen molar-refractivity contribution in [3.63, 3.8) is 0 Å². The van der Waals surface area contributed by atoms with Gasteiger partial charge in [-0.05, 0) is 45.4 Å². The molecule has 0 fully saturated rings. The van der Waals surface area contributed by atoms with E-state index in [0.717, 1.165) is 35.1 Å². The third-order valence-corrected chi connectivity index (χ3v) is 3.77. The molecule has 2 rings (SSSR count). The Balaban J connectivity index is 2.04. The summed E-state index contributed by atoms with van der Waals surface area (Å²) >= 11 is 0. The van der Waals surface area contributed by atoms with Crippen LogP contribution < -0.4 is 20.1 Å². The molecule has 2 aromatic rings. The number of aryl methyl sites for hydroxylation is 2. The van der Waals surface area contributed by atoms with Gasteiger partial charge in [0.05, 0.1) is 32.5 Å². The van der Waals surface area contributed by atoms with Crippen molar-refractivity contribution in [2.24, 2.45) is 4.99 Å². The number of nitrogens with zero attached hydrogens (tertiary/aromatic N) is 2. The van der Waals surface area contributed by atoms with Gasteiger partial charge in [0, 0.05) is 6.54 Å². The molecule has 0 amide bonds. The molecular weight excluding hydrogens is 332 g/mol. The number of oxazole rings is 1. The van der Waals surface area contributed by atoms with Crippen molar-refractivity contribution in [2.45, 2.75) is 40.8 Å². The van der Waals surface area contributed by atoms with Crippen molar-refractivity contribution in [2.75, 3.05) is 20.3 Å². The molecule has 7 heteroatoms. The first-order chi connectivity index (χ1) is 12.6. The lowest BCUT2D eigenvalue weighted by Gasteiger charge is -2.12. The standard InChI is InChI=1S/C19H28N4O3/c1-6-20-19(22-12-18-23-13(3)14(4)26-18)21-11-15-8-9-16(24-5)17(10-15)25-7-2/h8-10H,6-7,11-12H2,1-5H3,(H2,20,21,22). The van der Waals surface area contributed by atoms with Gasteiger partial charge in [0.2, 0.25) is 5.89 Å². The van der Waals surface area contributed by atoms with Crippen LogP contribution in [0.2, 0.25) is 0 Å². The molecule has 26 heavy (non-hydrogen) atoms. The number of rotatable bonds is 8. The van der Waals surface area contributed by atoms with E-state index >= 15 is 0 Å². The highest BCUT2D eigenvalue weighted by Crippen LogP contribution is 2.28. The van der Waals surface area contributed by atoms with E-state index in [-0.39, 0.29) is 0 Å². The predicted octanol–water partition coefficient (Wildman–Crippen LogP) is 2.95. The molecule has 0 aliphatic carbocycles. The molecule has 0 radical (unpaired) electrons. The maximum atomic E-state index is 5.62. The number of aliphatic imine (C=N–C) groups is 1. The molecule has 2 N–H and O–H groups in total. The number of benzene rings is 1.